The zero-order valence-electron chi connectivity index (χ0n) is 15.6. The molecular weight excluding hydrogens is 391 g/mol. The number of benzene rings is 3. The van der Waals surface area contributed by atoms with E-state index >= 15 is 0 Å². The number of halogens is 2. The fourth-order valence-corrected chi connectivity index (χ4v) is 4.09. The van der Waals surface area contributed by atoms with Crippen molar-refractivity contribution in [3.63, 3.8) is 0 Å². The first-order chi connectivity index (χ1) is 13.6. The van der Waals surface area contributed by atoms with Crippen LogP contribution in [0.1, 0.15) is 12.5 Å². The van der Waals surface area contributed by atoms with Gasteiger partial charge < -0.3 is 15.0 Å². The maximum absolute atomic E-state index is 10.7. The lowest BCUT2D eigenvalue weighted by Crippen LogP contribution is -2.25. The van der Waals surface area contributed by atoms with Gasteiger partial charge in [0.15, 0.2) is 0 Å². The number of nitrogens with zero attached hydrogens (tertiary/aromatic N) is 1. The lowest BCUT2D eigenvalue weighted by molar-refractivity contribution is 0.169. The number of fused-ring (bicyclic) bond motifs is 3. The molecule has 0 spiro atoms. The van der Waals surface area contributed by atoms with Gasteiger partial charge in [-0.25, -0.2) is 0 Å². The van der Waals surface area contributed by atoms with E-state index in [1.165, 1.54) is 5.56 Å². The second-order valence-corrected chi connectivity index (χ2v) is 7.85. The van der Waals surface area contributed by atoms with Crippen molar-refractivity contribution in [3.8, 4) is 0 Å². The molecule has 0 saturated heterocycles. The standard InChI is InChI=1S/C23H22Cl2N2O/c1-2-15-5-3-4-6-21(15)26-13-18(28)14-27-22-9-7-16(24)11-19(22)20-12-17(25)8-10-23(20)27/h3-12,18,26,28H,2,13-14H2,1H3. The van der Waals surface area contributed by atoms with Crippen LogP contribution in [0.3, 0.4) is 0 Å². The molecule has 2 N–H and O–H groups in total. The average molecular weight is 413 g/mol. The zero-order valence-corrected chi connectivity index (χ0v) is 17.1. The minimum Gasteiger partial charge on any atom is -0.389 e. The second-order valence-electron chi connectivity index (χ2n) is 6.98. The van der Waals surface area contributed by atoms with Gasteiger partial charge in [0.05, 0.1) is 12.6 Å². The molecule has 0 fully saturated rings. The van der Waals surface area contributed by atoms with Crippen LogP contribution in [0.5, 0.6) is 0 Å². The predicted octanol–water partition coefficient (Wildman–Crippen LogP) is 6.14. The summed E-state index contributed by atoms with van der Waals surface area (Å²) < 4.78 is 2.13. The molecule has 4 rings (SSSR count). The molecule has 1 atom stereocenters. The van der Waals surface area contributed by atoms with E-state index in [9.17, 15) is 5.11 Å². The van der Waals surface area contributed by atoms with E-state index in [1.807, 2.05) is 48.5 Å². The number of anilines is 1. The fourth-order valence-electron chi connectivity index (χ4n) is 3.75. The molecule has 1 aromatic heterocycles. The normalized spacial score (nSPS) is 12.6. The third-order valence-electron chi connectivity index (χ3n) is 5.11. The number of hydrogen-bond acceptors (Lipinski definition) is 2. The van der Waals surface area contributed by atoms with Crippen LogP contribution >= 0.6 is 23.2 Å². The van der Waals surface area contributed by atoms with Crippen molar-refractivity contribution in [2.24, 2.45) is 0 Å². The van der Waals surface area contributed by atoms with E-state index < -0.39 is 6.10 Å². The Bertz CT molecular complexity index is 1080. The highest BCUT2D eigenvalue weighted by Crippen LogP contribution is 2.33. The number of nitrogens with one attached hydrogen (secondary N) is 1. The number of aliphatic hydroxyl groups excluding tert-OH is 1. The third kappa shape index (κ3) is 3.70. The van der Waals surface area contributed by atoms with Crippen LogP contribution < -0.4 is 5.32 Å². The summed E-state index contributed by atoms with van der Waals surface area (Å²) >= 11 is 12.4. The number of hydrogen-bond donors (Lipinski definition) is 2. The molecule has 144 valence electrons. The lowest BCUT2D eigenvalue weighted by atomic mass is 10.1. The van der Waals surface area contributed by atoms with E-state index in [4.69, 9.17) is 23.2 Å². The molecule has 1 unspecified atom stereocenters. The van der Waals surface area contributed by atoms with E-state index in [0.29, 0.717) is 23.1 Å². The minimum atomic E-state index is -0.546. The van der Waals surface area contributed by atoms with Crippen molar-refractivity contribution in [1.82, 2.24) is 4.57 Å². The van der Waals surface area contributed by atoms with Crippen LogP contribution in [0, 0.1) is 0 Å². The monoisotopic (exact) mass is 412 g/mol. The SMILES string of the molecule is CCc1ccccc1NCC(O)Cn1c2ccc(Cl)cc2c2cc(Cl)ccc21. The summed E-state index contributed by atoms with van der Waals surface area (Å²) in [5, 5.41) is 17.6. The Labute approximate surface area is 174 Å². The van der Waals surface area contributed by atoms with Crippen molar-refractivity contribution in [3.05, 3.63) is 76.3 Å². The molecule has 0 amide bonds. The molecule has 0 aliphatic carbocycles. The second kappa shape index (κ2) is 8.04. The summed E-state index contributed by atoms with van der Waals surface area (Å²) in [7, 11) is 0. The first-order valence-electron chi connectivity index (χ1n) is 9.43. The Morgan fingerprint density at radius 3 is 2.14 bits per heavy atom. The first kappa shape index (κ1) is 19.1. The molecule has 0 saturated carbocycles. The van der Waals surface area contributed by atoms with Crippen LogP contribution in [-0.2, 0) is 13.0 Å². The van der Waals surface area contributed by atoms with Crippen LogP contribution in [0.15, 0.2) is 60.7 Å². The zero-order chi connectivity index (χ0) is 19.7. The number of aryl methyl sites for hydroxylation is 1. The maximum Gasteiger partial charge on any atom is 0.0891 e. The molecule has 0 bridgehead atoms. The lowest BCUT2D eigenvalue weighted by Gasteiger charge is -2.17. The maximum atomic E-state index is 10.7. The topological polar surface area (TPSA) is 37.2 Å². The summed E-state index contributed by atoms with van der Waals surface area (Å²) in [6.45, 7) is 3.08. The molecular formula is C23H22Cl2N2O. The molecule has 0 radical (unpaired) electrons. The number of aliphatic hydroxyl groups is 1. The quantitative estimate of drug-likeness (QED) is 0.399. The van der Waals surface area contributed by atoms with Crippen LogP contribution in [0.25, 0.3) is 21.8 Å². The molecule has 3 nitrogen and oxygen atoms in total. The van der Waals surface area contributed by atoms with Crippen LogP contribution in [0.4, 0.5) is 5.69 Å². The van der Waals surface area contributed by atoms with Crippen LogP contribution in [0.2, 0.25) is 10.0 Å². The Kier molecular flexibility index (Phi) is 5.49. The largest absolute Gasteiger partial charge is 0.389 e. The van der Waals surface area contributed by atoms with Gasteiger partial charge in [0.25, 0.3) is 0 Å². The summed E-state index contributed by atoms with van der Waals surface area (Å²) in [6, 6.07) is 19.9. The third-order valence-corrected chi connectivity index (χ3v) is 5.58. The predicted molar refractivity (Wildman–Crippen MR) is 120 cm³/mol. The Hall–Kier alpha value is -2.20. The van der Waals surface area contributed by atoms with Gasteiger partial charge in [0.2, 0.25) is 0 Å². The summed E-state index contributed by atoms with van der Waals surface area (Å²) in [5.41, 5.74) is 4.39. The molecule has 0 aliphatic heterocycles. The van der Waals surface area contributed by atoms with E-state index in [2.05, 4.69) is 28.9 Å². The van der Waals surface area contributed by atoms with Gasteiger partial charge in [-0.1, -0.05) is 48.3 Å². The number of rotatable bonds is 6. The number of para-hydroxylation sites is 1. The highest BCUT2D eigenvalue weighted by Gasteiger charge is 2.15. The number of aromatic nitrogens is 1. The summed E-state index contributed by atoms with van der Waals surface area (Å²) in [4.78, 5) is 0. The fraction of sp³-hybridized carbons (Fsp3) is 0.217. The first-order valence-corrected chi connectivity index (χ1v) is 10.2. The van der Waals surface area contributed by atoms with E-state index in [1.54, 1.807) is 0 Å². The van der Waals surface area contributed by atoms with E-state index in [-0.39, 0.29) is 0 Å². The highest BCUT2D eigenvalue weighted by atomic mass is 35.5. The Balaban J connectivity index is 1.63. The summed E-state index contributed by atoms with van der Waals surface area (Å²) in [6.07, 6.45) is 0.406. The molecule has 1 heterocycles. The summed E-state index contributed by atoms with van der Waals surface area (Å²) in [5.74, 6) is 0. The van der Waals surface area contributed by atoms with Crippen molar-refractivity contribution >= 4 is 50.7 Å². The van der Waals surface area contributed by atoms with Crippen molar-refractivity contribution in [2.45, 2.75) is 26.0 Å². The van der Waals surface area contributed by atoms with Crippen molar-refractivity contribution in [2.75, 3.05) is 11.9 Å². The Morgan fingerprint density at radius 1 is 0.929 bits per heavy atom. The average Bonchev–Trinajstić information content (AvgIpc) is 2.98. The molecule has 28 heavy (non-hydrogen) atoms. The van der Waals surface area contributed by atoms with Gasteiger partial charge in [-0.3, -0.25) is 0 Å². The van der Waals surface area contributed by atoms with Gasteiger partial charge >= 0.3 is 0 Å². The van der Waals surface area contributed by atoms with Gasteiger partial charge in [-0.15, -0.1) is 0 Å². The smallest absolute Gasteiger partial charge is 0.0891 e. The van der Waals surface area contributed by atoms with Crippen molar-refractivity contribution in [1.29, 1.82) is 0 Å². The van der Waals surface area contributed by atoms with Gasteiger partial charge in [0, 0.05) is 44.1 Å². The molecule has 3 aromatic carbocycles. The molecule has 5 heteroatoms. The molecule has 0 aliphatic rings. The van der Waals surface area contributed by atoms with Gasteiger partial charge in [0.1, 0.15) is 0 Å². The minimum absolute atomic E-state index is 0.472. The van der Waals surface area contributed by atoms with Crippen molar-refractivity contribution < 1.29 is 5.11 Å². The van der Waals surface area contributed by atoms with E-state index in [0.717, 1.165) is 33.9 Å². The van der Waals surface area contributed by atoms with Crippen LogP contribution in [-0.4, -0.2) is 22.3 Å². The van der Waals surface area contributed by atoms with Gasteiger partial charge in [-0.05, 0) is 54.4 Å². The molecule has 4 aromatic rings. The van der Waals surface area contributed by atoms with Gasteiger partial charge in [-0.2, -0.15) is 0 Å². The highest BCUT2D eigenvalue weighted by molar-refractivity contribution is 6.33. The Morgan fingerprint density at radius 2 is 1.54 bits per heavy atom.